The molecule has 2 aliphatic rings. The molecule has 0 radical (unpaired) electrons. The van der Waals surface area contributed by atoms with Gasteiger partial charge in [0.2, 0.25) is 0 Å². The highest BCUT2D eigenvalue weighted by atomic mass is 16.5. The molecule has 2 nitrogen and oxygen atoms in total. The van der Waals surface area contributed by atoms with Crippen LogP contribution in [0.2, 0.25) is 0 Å². The van der Waals surface area contributed by atoms with E-state index < -0.39 is 0 Å². The van der Waals surface area contributed by atoms with Crippen LogP contribution in [0, 0.1) is 11.8 Å². The fourth-order valence-electron chi connectivity index (χ4n) is 3.34. The van der Waals surface area contributed by atoms with Crippen LogP contribution >= 0.6 is 0 Å². The van der Waals surface area contributed by atoms with Crippen LogP contribution in [0.25, 0.3) is 0 Å². The minimum Gasteiger partial charge on any atom is -0.378 e. The second-order valence-corrected chi connectivity index (χ2v) is 5.93. The normalized spacial score (nSPS) is 34.8. The van der Waals surface area contributed by atoms with E-state index in [0.29, 0.717) is 6.10 Å². The van der Waals surface area contributed by atoms with E-state index in [1.807, 2.05) is 0 Å². The predicted octanol–water partition coefficient (Wildman–Crippen LogP) is 3.36. The van der Waals surface area contributed by atoms with Crippen molar-refractivity contribution in [2.75, 3.05) is 19.7 Å². The molecule has 0 aromatic rings. The van der Waals surface area contributed by atoms with E-state index in [0.717, 1.165) is 18.4 Å². The lowest BCUT2D eigenvalue weighted by molar-refractivity contribution is 0.00528. The lowest BCUT2D eigenvalue weighted by Crippen LogP contribution is -2.31. The molecule has 1 heterocycles. The first-order valence-corrected chi connectivity index (χ1v) is 7.70. The molecule has 2 fully saturated rings. The lowest BCUT2D eigenvalue weighted by Gasteiger charge is -2.29. The maximum Gasteiger partial charge on any atom is 0.0577 e. The minimum atomic E-state index is 0.574. The van der Waals surface area contributed by atoms with E-state index in [9.17, 15) is 0 Å². The molecule has 3 atom stereocenters. The largest absolute Gasteiger partial charge is 0.378 e. The molecule has 0 amide bonds. The van der Waals surface area contributed by atoms with Crippen molar-refractivity contribution in [3.63, 3.8) is 0 Å². The zero-order valence-corrected chi connectivity index (χ0v) is 11.4. The summed E-state index contributed by atoms with van der Waals surface area (Å²) in [4.78, 5) is 0. The number of hydrogen-bond donors (Lipinski definition) is 1. The van der Waals surface area contributed by atoms with Crippen molar-refractivity contribution >= 4 is 0 Å². The van der Waals surface area contributed by atoms with Crippen LogP contribution in [0.4, 0.5) is 0 Å². The van der Waals surface area contributed by atoms with Crippen LogP contribution in [-0.2, 0) is 4.74 Å². The Morgan fingerprint density at radius 3 is 2.76 bits per heavy atom. The Bertz CT molecular complexity index is 201. The summed E-state index contributed by atoms with van der Waals surface area (Å²) in [5.74, 6) is 1.81. The van der Waals surface area contributed by atoms with Crippen molar-refractivity contribution < 1.29 is 4.74 Å². The van der Waals surface area contributed by atoms with Crippen LogP contribution < -0.4 is 5.32 Å². The van der Waals surface area contributed by atoms with Crippen LogP contribution in [0.3, 0.4) is 0 Å². The van der Waals surface area contributed by atoms with Gasteiger partial charge in [-0.25, -0.2) is 0 Å². The summed E-state index contributed by atoms with van der Waals surface area (Å²) in [5.41, 5.74) is 0. The van der Waals surface area contributed by atoms with E-state index in [1.165, 1.54) is 64.5 Å². The lowest BCUT2D eigenvalue weighted by atomic mass is 9.85. The summed E-state index contributed by atoms with van der Waals surface area (Å²) < 4.78 is 6.09. The van der Waals surface area contributed by atoms with Gasteiger partial charge in [-0.2, -0.15) is 0 Å². The Balaban J connectivity index is 1.57. The smallest absolute Gasteiger partial charge is 0.0577 e. The molecular formula is C15H29NO. The van der Waals surface area contributed by atoms with Gasteiger partial charge in [0.05, 0.1) is 6.10 Å². The third-order valence-electron chi connectivity index (χ3n) is 4.59. The quantitative estimate of drug-likeness (QED) is 0.794. The standard InChI is InChI=1S/C15H29NO/c1-2-13-5-3-7-15(11-13)17-10-8-14-6-4-9-16-12-14/h13-16H,2-12H2,1H3. The highest BCUT2D eigenvalue weighted by molar-refractivity contribution is 4.73. The van der Waals surface area contributed by atoms with E-state index in [1.54, 1.807) is 0 Å². The Labute approximate surface area is 107 Å². The van der Waals surface area contributed by atoms with E-state index in [4.69, 9.17) is 4.74 Å². The minimum absolute atomic E-state index is 0.574. The molecule has 1 aliphatic carbocycles. The van der Waals surface area contributed by atoms with Gasteiger partial charge in [0, 0.05) is 6.61 Å². The van der Waals surface area contributed by atoms with Crippen LogP contribution in [-0.4, -0.2) is 25.8 Å². The summed E-state index contributed by atoms with van der Waals surface area (Å²) >= 11 is 0. The van der Waals surface area contributed by atoms with Gasteiger partial charge in [-0.3, -0.25) is 0 Å². The number of rotatable bonds is 5. The maximum atomic E-state index is 6.09. The van der Waals surface area contributed by atoms with Crippen LogP contribution in [0.15, 0.2) is 0 Å². The number of nitrogens with one attached hydrogen (secondary N) is 1. The fourth-order valence-corrected chi connectivity index (χ4v) is 3.34. The van der Waals surface area contributed by atoms with Gasteiger partial charge in [0.1, 0.15) is 0 Å². The van der Waals surface area contributed by atoms with Crippen molar-refractivity contribution in [1.29, 1.82) is 0 Å². The fraction of sp³-hybridized carbons (Fsp3) is 1.00. The summed E-state index contributed by atoms with van der Waals surface area (Å²) in [6.45, 7) is 5.75. The van der Waals surface area contributed by atoms with Gasteiger partial charge in [-0.1, -0.05) is 26.2 Å². The first-order chi connectivity index (χ1) is 8.38. The number of hydrogen-bond acceptors (Lipinski definition) is 2. The molecule has 1 aliphatic heterocycles. The van der Waals surface area contributed by atoms with E-state index in [-0.39, 0.29) is 0 Å². The maximum absolute atomic E-state index is 6.09. The van der Waals surface area contributed by atoms with Crippen molar-refractivity contribution in [2.24, 2.45) is 11.8 Å². The van der Waals surface area contributed by atoms with Gasteiger partial charge in [-0.15, -0.1) is 0 Å². The third-order valence-corrected chi connectivity index (χ3v) is 4.59. The third kappa shape index (κ3) is 4.59. The number of ether oxygens (including phenoxy) is 1. The summed E-state index contributed by atoms with van der Waals surface area (Å²) in [5, 5.41) is 3.48. The molecule has 1 N–H and O–H groups in total. The van der Waals surface area contributed by atoms with E-state index in [2.05, 4.69) is 12.2 Å². The zero-order valence-electron chi connectivity index (χ0n) is 11.4. The van der Waals surface area contributed by atoms with Gasteiger partial charge in [-0.05, 0) is 57.0 Å². The highest BCUT2D eigenvalue weighted by Gasteiger charge is 2.21. The summed E-state index contributed by atoms with van der Waals surface area (Å²) in [7, 11) is 0. The molecule has 0 aromatic heterocycles. The summed E-state index contributed by atoms with van der Waals surface area (Å²) in [6.07, 6.45) is 11.4. The van der Waals surface area contributed by atoms with Crippen LogP contribution in [0.1, 0.15) is 58.3 Å². The molecule has 100 valence electrons. The second-order valence-electron chi connectivity index (χ2n) is 5.93. The molecule has 2 rings (SSSR count). The average Bonchev–Trinajstić information content (AvgIpc) is 2.40. The second kappa shape index (κ2) is 7.38. The van der Waals surface area contributed by atoms with Gasteiger partial charge in [0.25, 0.3) is 0 Å². The Morgan fingerprint density at radius 1 is 1.12 bits per heavy atom. The van der Waals surface area contributed by atoms with Gasteiger partial charge >= 0.3 is 0 Å². The monoisotopic (exact) mass is 239 g/mol. The predicted molar refractivity (Wildman–Crippen MR) is 72.2 cm³/mol. The van der Waals surface area contributed by atoms with Crippen molar-refractivity contribution in [3.05, 3.63) is 0 Å². The molecule has 17 heavy (non-hydrogen) atoms. The van der Waals surface area contributed by atoms with Crippen molar-refractivity contribution in [3.8, 4) is 0 Å². The van der Waals surface area contributed by atoms with E-state index >= 15 is 0 Å². The van der Waals surface area contributed by atoms with Gasteiger partial charge < -0.3 is 10.1 Å². The SMILES string of the molecule is CCC1CCCC(OCCC2CCCNC2)C1. The first-order valence-electron chi connectivity index (χ1n) is 7.70. The number of piperidine rings is 1. The Kier molecular flexibility index (Phi) is 5.79. The molecule has 0 bridgehead atoms. The molecule has 0 aromatic carbocycles. The van der Waals surface area contributed by atoms with Crippen molar-refractivity contribution in [1.82, 2.24) is 5.32 Å². The van der Waals surface area contributed by atoms with Crippen molar-refractivity contribution in [2.45, 2.75) is 64.4 Å². The average molecular weight is 239 g/mol. The molecule has 2 heteroatoms. The molecule has 1 saturated carbocycles. The highest BCUT2D eigenvalue weighted by Crippen LogP contribution is 2.28. The Hall–Kier alpha value is -0.0800. The Morgan fingerprint density at radius 2 is 2.00 bits per heavy atom. The van der Waals surface area contributed by atoms with Gasteiger partial charge in [0.15, 0.2) is 0 Å². The molecule has 3 unspecified atom stereocenters. The summed E-state index contributed by atoms with van der Waals surface area (Å²) in [6, 6.07) is 0. The van der Waals surface area contributed by atoms with Crippen LogP contribution in [0.5, 0.6) is 0 Å². The zero-order chi connectivity index (χ0) is 11.9. The topological polar surface area (TPSA) is 21.3 Å². The molecule has 1 saturated heterocycles. The molecule has 0 spiro atoms. The first kappa shape index (κ1) is 13.4. The molecular weight excluding hydrogens is 210 g/mol.